The molecule has 4 heterocycles. The van der Waals surface area contributed by atoms with Crippen molar-refractivity contribution in [3.63, 3.8) is 0 Å². The summed E-state index contributed by atoms with van der Waals surface area (Å²) >= 11 is 0. The number of benzene rings is 4. The van der Waals surface area contributed by atoms with Crippen molar-refractivity contribution in [2.45, 2.75) is 74.6 Å². The molecule has 16 nitrogen and oxygen atoms in total. The molecule has 8 rings (SSSR count). The van der Waals surface area contributed by atoms with Gasteiger partial charge in [0.1, 0.15) is 5.75 Å². The van der Waals surface area contributed by atoms with Gasteiger partial charge in [0, 0.05) is 51.1 Å². The number of aliphatic hydroxyl groups is 1. The van der Waals surface area contributed by atoms with Crippen LogP contribution in [-0.4, -0.2) is 134 Å². The number of hydrogen-bond acceptors (Lipinski definition) is 14. The average Bonchev–Trinajstić information content (AvgIpc) is 3.41. The van der Waals surface area contributed by atoms with E-state index >= 15 is 4.79 Å². The number of sulfonamides is 1. The van der Waals surface area contributed by atoms with Gasteiger partial charge in [-0.25, -0.2) is 13.2 Å². The quantitative estimate of drug-likeness (QED) is 0.0944. The standard InChI is InChI=1S/C54H67N3O13S/c1-8-34-33-55-19-17-37-27-47(64-3)49(66-5)31-43(37)45(55)25-39(34)26-46-44-32-50(67-6)48(65-4)28-38(44)18-20-57(46)53(59)51-29-40(35-9-11-36(12-10-35)54(60)68-7)30-52(70-51)69-24-22-56(21-23-58)71(61,62)42-15-13-41(63-2)14-16-42/h9-16,27-29,31-32,34,39-40,45-46,52,58H,8,17-26,30,33H2,1-7H3/t34-,39+,40+,45-,46+,52-/m0/s1. The van der Waals surface area contributed by atoms with Gasteiger partial charge in [-0.2, -0.15) is 4.31 Å². The molecule has 0 aliphatic carbocycles. The minimum absolute atomic E-state index is 0.0425. The first-order valence-corrected chi connectivity index (χ1v) is 25.8. The van der Waals surface area contributed by atoms with Crippen LogP contribution in [0, 0.1) is 11.8 Å². The molecular formula is C54H67N3O13S. The van der Waals surface area contributed by atoms with Gasteiger partial charge in [-0.15, -0.1) is 0 Å². The number of piperidine rings is 1. The Bertz CT molecular complexity index is 2660. The van der Waals surface area contributed by atoms with E-state index in [1.54, 1.807) is 52.7 Å². The van der Waals surface area contributed by atoms with Crippen LogP contribution in [0.2, 0.25) is 0 Å². The molecule has 0 spiro atoms. The minimum Gasteiger partial charge on any atom is -0.497 e. The van der Waals surface area contributed by atoms with E-state index in [0.717, 1.165) is 59.1 Å². The monoisotopic (exact) mass is 997 g/mol. The van der Waals surface area contributed by atoms with E-state index < -0.39 is 28.9 Å². The predicted molar refractivity (Wildman–Crippen MR) is 265 cm³/mol. The molecule has 0 radical (unpaired) electrons. The normalized spacial score (nSPS) is 22.0. The third kappa shape index (κ3) is 10.8. The van der Waals surface area contributed by atoms with Gasteiger partial charge < -0.3 is 47.9 Å². The molecule has 4 aromatic carbocycles. The van der Waals surface area contributed by atoms with E-state index in [1.807, 2.05) is 35.2 Å². The van der Waals surface area contributed by atoms with Crippen LogP contribution in [0.4, 0.5) is 0 Å². The molecular weight excluding hydrogens is 931 g/mol. The first-order valence-electron chi connectivity index (χ1n) is 24.4. The topological polar surface area (TPSA) is 172 Å². The van der Waals surface area contributed by atoms with Crippen molar-refractivity contribution in [2.75, 3.05) is 88.6 Å². The second kappa shape index (κ2) is 22.7. The van der Waals surface area contributed by atoms with Crippen molar-refractivity contribution in [1.82, 2.24) is 14.1 Å². The number of amides is 1. The lowest BCUT2D eigenvalue weighted by Crippen LogP contribution is -2.48. The number of carbonyl (C=O) groups excluding carboxylic acids is 2. The predicted octanol–water partition coefficient (Wildman–Crippen LogP) is 7.09. The third-order valence-electron chi connectivity index (χ3n) is 14.8. The first kappa shape index (κ1) is 51.5. The van der Waals surface area contributed by atoms with Crippen molar-refractivity contribution < 1.29 is 61.0 Å². The van der Waals surface area contributed by atoms with E-state index in [2.05, 4.69) is 24.0 Å². The summed E-state index contributed by atoms with van der Waals surface area (Å²) in [6.07, 6.45) is 5.22. The van der Waals surface area contributed by atoms with Gasteiger partial charge >= 0.3 is 5.97 Å². The highest BCUT2D eigenvalue weighted by Gasteiger charge is 2.44. The Labute approximate surface area is 417 Å². The van der Waals surface area contributed by atoms with Crippen LogP contribution >= 0.6 is 0 Å². The fraction of sp³-hybridized carbons (Fsp3) is 0.481. The number of aliphatic hydroxyl groups excluding tert-OH is 1. The summed E-state index contributed by atoms with van der Waals surface area (Å²) < 4.78 is 74.9. The first-order chi connectivity index (χ1) is 34.4. The van der Waals surface area contributed by atoms with Crippen LogP contribution < -0.4 is 23.7 Å². The SMILES string of the molecule is CC[C@H]1CN2CCc3cc(OC)c(OC)cc3[C@@H]2C[C@@H]1C[C@@H]1c2cc(OC)c(OC)cc2CCN1C(=O)C1=C[C@@H](c2ccc(C(=O)OC)cc2)C[C@@H](OCCN(CCO)S(=O)(=O)c2ccc(OC)cc2)O1. The van der Waals surface area contributed by atoms with Crippen molar-refractivity contribution in [3.05, 3.63) is 118 Å². The maximum atomic E-state index is 15.5. The smallest absolute Gasteiger partial charge is 0.337 e. The molecule has 17 heteroatoms. The molecule has 4 aromatic rings. The zero-order valence-corrected chi connectivity index (χ0v) is 42.6. The van der Waals surface area contributed by atoms with Crippen molar-refractivity contribution in [3.8, 4) is 28.7 Å². The Morgan fingerprint density at radius 1 is 0.761 bits per heavy atom. The van der Waals surface area contributed by atoms with Gasteiger partial charge in [0.25, 0.3) is 5.91 Å². The molecule has 1 N–H and O–H groups in total. The number of methoxy groups -OCH3 is 6. The number of rotatable bonds is 19. The number of ether oxygens (including phenoxy) is 8. The molecule has 0 aromatic heterocycles. The fourth-order valence-electron chi connectivity index (χ4n) is 11.0. The Morgan fingerprint density at radius 2 is 1.39 bits per heavy atom. The van der Waals surface area contributed by atoms with Crippen LogP contribution in [0.25, 0.3) is 0 Å². The number of carbonyl (C=O) groups is 2. The van der Waals surface area contributed by atoms with Crippen molar-refractivity contribution in [2.24, 2.45) is 11.8 Å². The lowest BCUT2D eigenvalue weighted by Gasteiger charge is -2.49. The molecule has 1 amide bonds. The number of fused-ring (bicyclic) bond motifs is 4. The minimum atomic E-state index is -4.03. The van der Waals surface area contributed by atoms with Gasteiger partial charge in [0.2, 0.25) is 16.3 Å². The fourth-order valence-corrected chi connectivity index (χ4v) is 12.4. The maximum Gasteiger partial charge on any atom is 0.337 e. The van der Waals surface area contributed by atoms with Gasteiger partial charge in [0.15, 0.2) is 28.8 Å². The van der Waals surface area contributed by atoms with Gasteiger partial charge in [0.05, 0.1) is 72.4 Å². The summed E-state index contributed by atoms with van der Waals surface area (Å²) in [6.45, 7) is 3.78. The Hall–Kier alpha value is -5.85. The molecule has 1 saturated heterocycles. The van der Waals surface area contributed by atoms with Gasteiger partial charge in [-0.1, -0.05) is 25.5 Å². The highest BCUT2D eigenvalue weighted by Crippen LogP contribution is 2.50. The van der Waals surface area contributed by atoms with Crippen LogP contribution in [0.15, 0.2) is 89.5 Å². The van der Waals surface area contributed by atoms with Crippen LogP contribution in [0.1, 0.15) is 88.8 Å². The molecule has 0 unspecified atom stereocenters. The van der Waals surface area contributed by atoms with Crippen molar-refractivity contribution >= 4 is 21.9 Å². The number of nitrogens with zero attached hydrogens (tertiary/aromatic N) is 3. The van der Waals surface area contributed by atoms with E-state index in [0.29, 0.717) is 60.3 Å². The third-order valence-corrected chi connectivity index (χ3v) is 16.7. The molecule has 1 fully saturated rings. The van der Waals surface area contributed by atoms with Gasteiger partial charge in [-0.3, -0.25) is 9.69 Å². The largest absolute Gasteiger partial charge is 0.497 e. The van der Waals surface area contributed by atoms with E-state index in [1.165, 1.54) is 37.5 Å². The molecule has 6 atom stereocenters. The summed E-state index contributed by atoms with van der Waals surface area (Å²) in [7, 11) is 5.39. The van der Waals surface area contributed by atoms with Gasteiger partial charge in [-0.05, 0) is 132 Å². The zero-order chi connectivity index (χ0) is 50.4. The summed E-state index contributed by atoms with van der Waals surface area (Å²) in [6, 6.07) is 21.2. The van der Waals surface area contributed by atoms with Crippen molar-refractivity contribution in [1.29, 1.82) is 0 Å². The molecule has 71 heavy (non-hydrogen) atoms. The summed E-state index contributed by atoms with van der Waals surface area (Å²) in [5.74, 6) is 2.71. The molecule has 4 aliphatic rings. The van der Waals surface area contributed by atoms with E-state index in [-0.39, 0.29) is 60.2 Å². The maximum absolute atomic E-state index is 15.5. The molecule has 382 valence electrons. The Kier molecular flexibility index (Phi) is 16.5. The van der Waals surface area contributed by atoms with Crippen LogP contribution in [0.3, 0.4) is 0 Å². The molecule has 0 bridgehead atoms. The second-order valence-electron chi connectivity index (χ2n) is 18.4. The van der Waals surface area contributed by atoms with E-state index in [4.69, 9.17) is 37.9 Å². The highest BCUT2D eigenvalue weighted by atomic mass is 32.2. The molecule has 4 aliphatic heterocycles. The highest BCUT2D eigenvalue weighted by molar-refractivity contribution is 7.89. The van der Waals surface area contributed by atoms with Crippen LogP contribution in [-0.2, 0) is 41.9 Å². The van der Waals surface area contributed by atoms with E-state index in [9.17, 15) is 18.3 Å². The second-order valence-corrected chi connectivity index (χ2v) is 20.4. The zero-order valence-electron chi connectivity index (χ0n) is 41.8. The van der Waals surface area contributed by atoms with Crippen LogP contribution in [0.5, 0.6) is 28.7 Å². The lowest BCUT2D eigenvalue weighted by molar-refractivity contribution is -0.155. The Morgan fingerprint density at radius 3 is 2.01 bits per heavy atom. The molecule has 0 saturated carbocycles. The summed E-state index contributed by atoms with van der Waals surface area (Å²) in [5.41, 5.74) is 5.81. The number of hydrogen-bond donors (Lipinski definition) is 1. The lowest BCUT2D eigenvalue weighted by atomic mass is 9.72. The summed E-state index contributed by atoms with van der Waals surface area (Å²) in [5, 5.41) is 9.93. The average molecular weight is 998 g/mol. The number of esters is 1. The Balaban J connectivity index is 1.11. The number of allylic oxidation sites excluding steroid dienone is 1. The summed E-state index contributed by atoms with van der Waals surface area (Å²) in [4.78, 5) is 32.5.